The number of hydrogen-bond donors (Lipinski definition) is 1. The maximum atomic E-state index is 11.4. The van der Waals surface area contributed by atoms with Gasteiger partial charge in [0.1, 0.15) is 5.78 Å². The predicted molar refractivity (Wildman–Crippen MR) is 56.7 cm³/mol. The molecule has 0 amide bonds. The van der Waals surface area contributed by atoms with E-state index in [9.17, 15) is 4.79 Å². The van der Waals surface area contributed by atoms with Gasteiger partial charge in [0.15, 0.2) is 0 Å². The zero-order valence-corrected chi connectivity index (χ0v) is 8.84. The van der Waals surface area contributed by atoms with E-state index in [1.807, 2.05) is 0 Å². The molecule has 0 heterocycles. The summed E-state index contributed by atoms with van der Waals surface area (Å²) in [5.74, 6) is 0.772. The Morgan fingerprint density at radius 1 is 1.71 bits per heavy atom. The van der Waals surface area contributed by atoms with Crippen LogP contribution in [0.3, 0.4) is 0 Å². The van der Waals surface area contributed by atoms with E-state index < -0.39 is 0 Å². The van der Waals surface area contributed by atoms with E-state index in [2.05, 4.69) is 30.5 Å². The predicted octanol–water partition coefficient (Wildman–Crippen LogP) is 2.04. The van der Waals surface area contributed by atoms with Gasteiger partial charge in [0.2, 0.25) is 0 Å². The van der Waals surface area contributed by atoms with Crippen molar-refractivity contribution < 1.29 is 4.79 Å². The van der Waals surface area contributed by atoms with E-state index in [0.717, 1.165) is 19.4 Å². The lowest BCUT2D eigenvalue weighted by atomic mass is 9.94. The molecule has 2 aliphatic carbocycles. The number of hydrogen-bond acceptors (Lipinski definition) is 2. The number of carbonyl (C=O) groups is 1. The number of Topliss-reactive ketones (excluding diaryl/α,β-unsaturated/α-hetero) is 1. The van der Waals surface area contributed by atoms with Crippen molar-refractivity contribution in [1.29, 1.82) is 0 Å². The maximum Gasteiger partial charge on any atom is 0.140 e. The summed E-state index contributed by atoms with van der Waals surface area (Å²) in [7, 11) is 0. The molecular formula is C12H17NO. The van der Waals surface area contributed by atoms with Crippen LogP contribution in [0.15, 0.2) is 23.9 Å². The van der Waals surface area contributed by atoms with Gasteiger partial charge >= 0.3 is 0 Å². The highest BCUT2D eigenvalue weighted by atomic mass is 16.1. The molecule has 0 bridgehead atoms. The van der Waals surface area contributed by atoms with Gasteiger partial charge in [0.25, 0.3) is 0 Å². The first-order valence-electron chi connectivity index (χ1n) is 5.35. The second-order valence-electron chi connectivity index (χ2n) is 4.29. The van der Waals surface area contributed by atoms with E-state index in [4.69, 9.17) is 0 Å². The Kier molecular flexibility index (Phi) is 2.22. The summed E-state index contributed by atoms with van der Waals surface area (Å²) in [5.41, 5.74) is 1.07. The van der Waals surface area contributed by atoms with Gasteiger partial charge in [-0.3, -0.25) is 4.79 Å². The van der Waals surface area contributed by atoms with Crippen molar-refractivity contribution in [1.82, 2.24) is 5.32 Å². The fourth-order valence-electron chi connectivity index (χ4n) is 2.12. The molecule has 2 heteroatoms. The standard InChI is InChI=1S/C12H17NO/c1-3-6-13-11-4-5-12(9(2)14)8-10(12)7-11/h4-5,7,10,13H,3,6,8H2,1-2H3. The lowest BCUT2D eigenvalue weighted by Crippen LogP contribution is -2.18. The minimum absolute atomic E-state index is 0.114. The van der Waals surface area contributed by atoms with Crippen LogP contribution < -0.4 is 5.32 Å². The van der Waals surface area contributed by atoms with Crippen LogP contribution in [0.5, 0.6) is 0 Å². The van der Waals surface area contributed by atoms with Crippen molar-refractivity contribution in [2.45, 2.75) is 26.7 Å². The molecule has 2 unspecified atom stereocenters. The third kappa shape index (κ3) is 1.39. The van der Waals surface area contributed by atoms with Crippen LogP contribution in [-0.2, 0) is 4.79 Å². The first-order chi connectivity index (χ1) is 6.69. The summed E-state index contributed by atoms with van der Waals surface area (Å²) in [6, 6.07) is 0. The van der Waals surface area contributed by atoms with E-state index >= 15 is 0 Å². The Hall–Kier alpha value is -1.05. The van der Waals surface area contributed by atoms with Crippen LogP contribution >= 0.6 is 0 Å². The molecule has 0 aromatic heterocycles. The third-order valence-electron chi connectivity index (χ3n) is 3.23. The zero-order chi connectivity index (χ0) is 10.2. The molecule has 0 saturated heterocycles. The van der Waals surface area contributed by atoms with Crippen molar-refractivity contribution in [2.24, 2.45) is 11.3 Å². The normalized spacial score (nSPS) is 33.3. The monoisotopic (exact) mass is 191 g/mol. The van der Waals surface area contributed by atoms with Crippen LogP contribution in [0.4, 0.5) is 0 Å². The molecule has 76 valence electrons. The van der Waals surface area contributed by atoms with Crippen molar-refractivity contribution in [2.75, 3.05) is 6.54 Å². The van der Waals surface area contributed by atoms with Crippen LogP contribution in [-0.4, -0.2) is 12.3 Å². The van der Waals surface area contributed by atoms with Gasteiger partial charge in [0, 0.05) is 12.2 Å². The third-order valence-corrected chi connectivity index (χ3v) is 3.23. The summed E-state index contributed by atoms with van der Waals surface area (Å²) < 4.78 is 0. The van der Waals surface area contributed by atoms with Gasteiger partial charge in [-0.2, -0.15) is 0 Å². The Balaban J connectivity index is 2.01. The molecule has 2 nitrogen and oxygen atoms in total. The first-order valence-corrected chi connectivity index (χ1v) is 5.35. The molecule has 0 radical (unpaired) electrons. The molecule has 14 heavy (non-hydrogen) atoms. The minimum atomic E-state index is -0.114. The molecule has 0 aromatic carbocycles. The van der Waals surface area contributed by atoms with Crippen molar-refractivity contribution in [3.05, 3.63) is 23.9 Å². The second kappa shape index (κ2) is 3.26. The van der Waals surface area contributed by atoms with Gasteiger partial charge in [-0.1, -0.05) is 19.1 Å². The molecule has 1 saturated carbocycles. The fraction of sp³-hybridized carbons (Fsp3) is 0.583. The van der Waals surface area contributed by atoms with Crippen LogP contribution in [0.1, 0.15) is 26.7 Å². The van der Waals surface area contributed by atoms with Gasteiger partial charge in [0.05, 0.1) is 5.41 Å². The average Bonchev–Trinajstić information content (AvgIpc) is 2.89. The number of nitrogens with one attached hydrogen (secondary N) is 1. The van der Waals surface area contributed by atoms with Crippen LogP contribution in [0, 0.1) is 11.3 Å². The highest BCUT2D eigenvalue weighted by Crippen LogP contribution is 2.57. The smallest absolute Gasteiger partial charge is 0.140 e. The van der Waals surface area contributed by atoms with Crippen molar-refractivity contribution >= 4 is 5.78 Å². The minimum Gasteiger partial charge on any atom is -0.385 e. The number of rotatable bonds is 4. The van der Waals surface area contributed by atoms with Gasteiger partial charge in [-0.15, -0.1) is 0 Å². The summed E-state index contributed by atoms with van der Waals surface area (Å²) in [4.78, 5) is 11.4. The summed E-state index contributed by atoms with van der Waals surface area (Å²) in [5, 5.41) is 3.35. The molecule has 0 spiro atoms. The van der Waals surface area contributed by atoms with Crippen LogP contribution in [0.25, 0.3) is 0 Å². The number of fused-ring (bicyclic) bond motifs is 1. The lowest BCUT2D eigenvalue weighted by molar-refractivity contribution is -0.120. The largest absolute Gasteiger partial charge is 0.385 e. The molecule has 2 rings (SSSR count). The van der Waals surface area contributed by atoms with Gasteiger partial charge in [-0.25, -0.2) is 0 Å². The molecule has 0 aliphatic heterocycles. The van der Waals surface area contributed by atoms with Gasteiger partial charge < -0.3 is 5.32 Å². The molecule has 1 N–H and O–H groups in total. The molecule has 1 fully saturated rings. The number of carbonyl (C=O) groups excluding carboxylic acids is 1. The Bertz CT molecular complexity index is 316. The zero-order valence-electron chi connectivity index (χ0n) is 8.84. The van der Waals surface area contributed by atoms with Crippen molar-refractivity contribution in [3.8, 4) is 0 Å². The quantitative estimate of drug-likeness (QED) is 0.736. The maximum absolute atomic E-state index is 11.4. The topological polar surface area (TPSA) is 29.1 Å². The van der Waals surface area contributed by atoms with E-state index in [1.54, 1.807) is 6.92 Å². The average molecular weight is 191 g/mol. The van der Waals surface area contributed by atoms with Crippen molar-refractivity contribution in [3.63, 3.8) is 0 Å². The number of allylic oxidation sites excluding steroid dienone is 3. The summed E-state index contributed by atoms with van der Waals surface area (Å²) in [6.45, 7) is 4.86. The fourth-order valence-corrected chi connectivity index (χ4v) is 2.12. The lowest BCUT2D eigenvalue weighted by Gasteiger charge is -2.14. The Morgan fingerprint density at radius 3 is 3.07 bits per heavy atom. The van der Waals surface area contributed by atoms with Gasteiger partial charge in [-0.05, 0) is 31.8 Å². The molecule has 2 atom stereocenters. The first kappa shape index (κ1) is 9.50. The van der Waals surface area contributed by atoms with Crippen LogP contribution in [0.2, 0.25) is 0 Å². The van der Waals surface area contributed by atoms with E-state index in [-0.39, 0.29) is 5.41 Å². The summed E-state index contributed by atoms with van der Waals surface area (Å²) in [6.07, 6.45) is 8.49. The molecule has 0 aromatic rings. The Labute approximate surface area is 85.1 Å². The summed E-state index contributed by atoms with van der Waals surface area (Å²) >= 11 is 0. The molecular weight excluding hydrogens is 174 g/mol. The van der Waals surface area contributed by atoms with E-state index in [0.29, 0.717) is 11.7 Å². The van der Waals surface area contributed by atoms with E-state index in [1.165, 1.54) is 5.70 Å². The SMILES string of the molecule is CCCNC1=CC2CC2(C(C)=O)C=C1. The Morgan fingerprint density at radius 2 is 2.50 bits per heavy atom. The highest BCUT2D eigenvalue weighted by molar-refractivity contribution is 5.89. The molecule has 2 aliphatic rings. The number of ketones is 1. The highest BCUT2D eigenvalue weighted by Gasteiger charge is 2.55. The second-order valence-corrected chi connectivity index (χ2v) is 4.29.